The molecule has 0 saturated heterocycles. The zero-order chi connectivity index (χ0) is 47.0. The third-order valence-electron chi connectivity index (χ3n) is 11.0. The van der Waals surface area contributed by atoms with Crippen LogP contribution in [-0.4, -0.2) is 80.6 Å². The molecule has 0 rings (SSSR count). The molecule has 1 N–H and O–H groups in total. The molecule has 0 heterocycles. The van der Waals surface area contributed by atoms with E-state index >= 15 is 0 Å². The molecule has 0 aliphatic carbocycles. The van der Waals surface area contributed by atoms with Gasteiger partial charge in [-0.15, -0.1) is 0 Å². The number of carbonyl (C=O) groups is 3. The van der Waals surface area contributed by atoms with Crippen LogP contribution in [0.1, 0.15) is 200 Å². The number of carboxylic acid groups (broad SMARTS) is 1. The minimum atomic E-state index is -0.884. The van der Waals surface area contributed by atoms with Crippen molar-refractivity contribution in [2.24, 2.45) is 0 Å². The number of esters is 2. The zero-order valence-electron chi connectivity index (χ0n) is 41.7. The molecule has 0 saturated carbocycles. The molecule has 0 radical (unpaired) electrons. The van der Waals surface area contributed by atoms with Crippen molar-refractivity contribution in [3.63, 3.8) is 0 Å². The van der Waals surface area contributed by atoms with Crippen LogP contribution in [0.3, 0.4) is 0 Å². The summed E-state index contributed by atoms with van der Waals surface area (Å²) in [7, 11) is 5.51. The first-order valence-corrected chi connectivity index (χ1v) is 25.6. The van der Waals surface area contributed by atoms with Crippen LogP contribution in [-0.2, 0) is 28.6 Å². The van der Waals surface area contributed by atoms with E-state index in [0.29, 0.717) is 19.3 Å². The molecule has 0 fully saturated rings. The van der Waals surface area contributed by atoms with E-state index in [1.54, 1.807) is 0 Å². The van der Waals surface area contributed by atoms with Gasteiger partial charge in [0.2, 0.25) is 0 Å². The monoisotopic (exact) mass is 895 g/mol. The largest absolute Gasteiger partial charge is 0.477 e. The number of carboxylic acids is 1. The van der Waals surface area contributed by atoms with E-state index < -0.39 is 18.1 Å². The number of rotatable bonds is 45. The summed E-state index contributed by atoms with van der Waals surface area (Å²) in [5.74, 6) is -1.53. The van der Waals surface area contributed by atoms with Gasteiger partial charge in [0, 0.05) is 19.3 Å². The molecule has 2 unspecified atom stereocenters. The molecule has 64 heavy (non-hydrogen) atoms. The molecule has 0 aliphatic rings. The number of allylic oxidation sites excluding steroid dienone is 14. The highest BCUT2D eigenvalue weighted by molar-refractivity contribution is 5.72. The number of likely N-dealkylation sites (N-methyl/N-ethyl adjacent to an activating group) is 1. The van der Waals surface area contributed by atoms with Crippen molar-refractivity contribution >= 4 is 17.9 Å². The second-order valence-electron chi connectivity index (χ2n) is 18.0. The van der Waals surface area contributed by atoms with E-state index in [-0.39, 0.29) is 42.7 Å². The lowest BCUT2D eigenvalue weighted by molar-refractivity contribution is -0.887. The molecule has 366 valence electrons. The topological polar surface area (TPSA) is 99.1 Å². The number of hydrogen-bond acceptors (Lipinski definition) is 6. The van der Waals surface area contributed by atoms with E-state index in [4.69, 9.17) is 14.2 Å². The lowest BCUT2D eigenvalue weighted by Crippen LogP contribution is -2.50. The maximum absolute atomic E-state index is 12.8. The first-order chi connectivity index (χ1) is 31.1. The quantitative estimate of drug-likeness (QED) is 0.0281. The summed E-state index contributed by atoms with van der Waals surface area (Å²) < 4.78 is 17.3. The van der Waals surface area contributed by atoms with Crippen LogP contribution in [0.25, 0.3) is 0 Å². The molecule has 0 amide bonds. The highest BCUT2D eigenvalue weighted by atomic mass is 16.6. The molecule has 0 spiro atoms. The van der Waals surface area contributed by atoms with Gasteiger partial charge in [0.15, 0.2) is 12.1 Å². The summed E-state index contributed by atoms with van der Waals surface area (Å²) in [6.45, 7) is 4.58. The minimum Gasteiger partial charge on any atom is -0.477 e. The number of aliphatic carboxylic acids is 1. The molecule has 0 aromatic rings. The van der Waals surface area contributed by atoms with Gasteiger partial charge in [0.25, 0.3) is 0 Å². The SMILES string of the molecule is CC/C=C/C/C=C/C/C=C/C/C=C/C/C=C/C/C=C/CCCCCC(=O)OC(COCCC(C(=O)O)[N+](C)(C)C)COC(=O)CCCCCCC/C=C/CCCCCCCCCCC. The van der Waals surface area contributed by atoms with Crippen LogP contribution < -0.4 is 0 Å². The Kier molecular flexibility index (Phi) is 43.5. The molecule has 0 aromatic carbocycles. The van der Waals surface area contributed by atoms with E-state index in [9.17, 15) is 19.5 Å². The fourth-order valence-electron chi connectivity index (χ4n) is 7.09. The fraction of sp³-hybridized carbons (Fsp3) is 0.696. The number of carbonyl (C=O) groups excluding carboxylic acids is 2. The maximum Gasteiger partial charge on any atom is 0.362 e. The first kappa shape index (κ1) is 60.5. The van der Waals surface area contributed by atoms with Gasteiger partial charge >= 0.3 is 17.9 Å². The van der Waals surface area contributed by atoms with Crippen LogP contribution >= 0.6 is 0 Å². The Morgan fingerprint density at radius 2 is 0.875 bits per heavy atom. The third kappa shape index (κ3) is 43.7. The summed E-state index contributed by atoms with van der Waals surface area (Å²) in [6, 6.07) is -0.627. The highest BCUT2D eigenvalue weighted by Crippen LogP contribution is 2.14. The average molecular weight is 895 g/mol. The smallest absolute Gasteiger partial charge is 0.362 e. The Hall–Kier alpha value is -3.49. The number of quaternary nitrogens is 1. The maximum atomic E-state index is 12.8. The number of ether oxygens (including phenoxy) is 3. The molecule has 0 bridgehead atoms. The van der Waals surface area contributed by atoms with E-state index in [1.165, 1.54) is 70.6 Å². The van der Waals surface area contributed by atoms with Gasteiger partial charge in [0.1, 0.15) is 6.61 Å². The van der Waals surface area contributed by atoms with Crippen molar-refractivity contribution in [1.82, 2.24) is 0 Å². The fourth-order valence-corrected chi connectivity index (χ4v) is 7.09. The van der Waals surface area contributed by atoms with Crippen molar-refractivity contribution in [1.29, 1.82) is 0 Å². The summed E-state index contributed by atoms with van der Waals surface area (Å²) in [6.07, 6.45) is 60.6. The van der Waals surface area contributed by atoms with E-state index in [2.05, 4.69) is 98.9 Å². The van der Waals surface area contributed by atoms with Gasteiger partial charge in [-0.3, -0.25) is 9.59 Å². The molecule has 0 aliphatic heterocycles. The number of nitrogens with zero attached hydrogens (tertiary/aromatic N) is 1. The highest BCUT2D eigenvalue weighted by Gasteiger charge is 2.31. The van der Waals surface area contributed by atoms with Crippen LogP contribution in [0.2, 0.25) is 0 Å². The van der Waals surface area contributed by atoms with Gasteiger partial charge in [-0.2, -0.15) is 0 Å². The van der Waals surface area contributed by atoms with Crippen LogP contribution in [0.15, 0.2) is 85.1 Å². The zero-order valence-corrected chi connectivity index (χ0v) is 41.7. The second-order valence-corrected chi connectivity index (χ2v) is 18.0. The summed E-state index contributed by atoms with van der Waals surface area (Å²) in [5.41, 5.74) is 0. The van der Waals surface area contributed by atoms with Gasteiger partial charge in [0.05, 0.1) is 34.4 Å². The summed E-state index contributed by atoms with van der Waals surface area (Å²) in [5, 5.41) is 9.65. The van der Waals surface area contributed by atoms with Crippen molar-refractivity contribution < 1.29 is 38.2 Å². The Labute approximate surface area is 393 Å². The molecule has 8 nitrogen and oxygen atoms in total. The second kappa shape index (κ2) is 46.1. The Morgan fingerprint density at radius 1 is 0.484 bits per heavy atom. The van der Waals surface area contributed by atoms with Crippen LogP contribution in [0, 0.1) is 0 Å². The standard InChI is InChI=1S/C56H95NO7/c1-6-8-10-12-14-16-18-20-22-24-26-27-28-29-31-33-35-37-39-41-43-45-47-55(59)64-52(50-62-49-48-53(56(60)61)57(3,4)5)51-63-54(58)46-44-42-40-38-36-34-32-30-25-23-21-19-17-15-13-11-9-7-2/h8,10,14,16,20,22,26-27,29-32,35,37,52-53H,6-7,9,11-13,15,17-19,21,23-25,28,33-34,36,38-51H2,1-5H3/p+1/b10-8+,16-14+,22-20+,27-26+,31-29+,32-30+,37-35+. The molecule has 8 heteroatoms. The predicted octanol–water partition coefficient (Wildman–Crippen LogP) is 14.9. The Bertz CT molecular complexity index is 1320. The number of hydrogen-bond donors (Lipinski definition) is 1. The van der Waals surface area contributed by atoms with Crippen molar-refractivity contribution in [3.05, 3.63) is 85.1 Å². The summed E-state index contributed by atoms with van der Waals surface area (Å²) in [4.78, 5) is 37.2. The average Bonchev–Trinajstić information content (AvgIpc) is 3.26. The first-order valence-electron chi connectivity index (χ1n) is 25.6. The van der Waals surface area contributed by atoms with Gasteiger partial charge < -0.3 is 23.8 Å². The Morgan fingerprint density at radius 3 is 1.33 bits per heavy atom. The Balaban J connectivity index is 4.36. The van der Waals surface area contributed by atoms with Crippen molar-refractivity contribution in [2.75, 3.05) is 41.0 Å². The summed E-state index contributed by atoms with van der Waals surface area (Å²) >= 11 is 0. The molecule has 0 aromatic heterocycles. The third-order valence-corrected chi connectivity index (χ3v) is 11.0. The predicted molar refractivity (Wildman–Crippen MR) is 270 cm³/mol. The number of unbranched alkanes of at least 4 members (excludes halogenated alkanes) is 17. The van der Waals surface area contributed by atoms with Crippen molar-refractivity contribution in [3.8, 4) is 0 Å². The van der Waals surface area contributed by atoms with Crippen LogP contribution in [0.5, 0.6) is 0 Å². The van der Waals surface area contributed by atoms with Gasteiger partial charge in [-0.1, -0.05) is 176 Å². The van der Waals surface area contributed by atoms with Crippen LogP contribution in [0.4, 0.5) is 0 Å². The van der Waals surface area contributed by atoms with Crippen molar-refractivity contribution in [2.45, 2.75) is 212 Å². The molecular weight excluding hydrogens is 799 g/mol. The van der Waals surface area contributed by atoms with Gasteiger partial charge in [-0.25, -0.2) is 4.79 Å². The minimum absolute atomic E-state index is 0.0405. The molecule has 2 atom stereocenters. The van der Waals surface area contributed by atoms with Gasteiger partial charge in [-0.05, 0) is 89.9 Å². The van der Waals surface area contributed by atoms with E-state index in [0.717, 1.165) is 89.9 Å². The normalized spacial score (nSPS) is 13.6. The lowest BCUT2D eigenvalue weighted by atomic mass is 10.1. The lowest BCUT2D eigenvalue weighted by Gasteiger charge is -2.31. The molecular formula is C56H96NO7+. The van der Waals surface area contributed by atoms with E-state index in [1.807, 2.05) is 21.1 Å².